The molecule has 1 saturated heterocycles. The van der Waals surface area contributed by atoms with Gasteiger partial charge in [-0.05, 0) is 40.4 Å². The lowest BCUT2D eigenvalue weighted by Gasteiger charge is -2.32. The molecule has 1 aliphatic rings. The van der Waals surface area contributed by atoms with Gasteiger partial charge in [-0.1, -0.05) is 36.8 Å². The number of hydrogen-bond acceptors (Lipinski definition) is 3. The Morgan fingerprint density at radius 3 is 2.05 bits per heavy atom. The third-order valence-electron chi connectivity index (χ3n) is 4.62. The van der Waals surface area contributed by atoms with Crippen molar-refractivity contribution in [1.29, 1.82) is 0 Å². The molecule has 0 aromatic heterocycles. The molecular weight excluding hydrogens is 263 g/mol. The molecule has 0 bridgehead atoms. The molecule has 1 aromatic rings. The molecule has 1 fully saturated rings. The van der Waals surface area contributed by atoms with Crippen LogP contribution in [-0.2, 0) is 9.31 Å². The van der Waals surface area contributed by atoms with E-state index < -0.39 is 0 Å². The van der Waals surface area contributed by atoms with Gasteiger partial charge in [-0.25, -0.2) is 0 Å². The van der Waals surface area contributed by atoms with E-state index in [-0.39, 0.29) is 29.9 Å². The molecule has 114 valence electrons. The van der Waals surface area contributed by atoms with Gasteiger partial charge >= 0.3 is 7.12 Å². The molecule has 2 rings (SSSR count). The molecule has 1 aliphatic heterocycles. The summed E-state index contributed by atoms with van der Waals surface area (Å²) in [6.07, 6.45) is 0.430. The summed E-state index contributed by atoms with van der Waals surface area (Å²) < 4.78 is 12.0. The fourth-order valence-electron chi connectivity index (χ4n) is 2.37. The van der Waals surface area contributed by atoms with Gasteiger partial charge in [-0.3, -0.25) is 4.79 Å². The van der Waals surface area contributed by atoms with Crippen LogP contribution in [0.5, 0.6) is 0 Å². The highest BCUT2D eigenvalue weighted by molar-refractivity contribution is 6.47. The van der Waals surface area contributed by atoms with Crippen LogP contribution in [0.2, 0.25) is 5.82 Å². The van der Waals surface area contributed by atoms with Gasteiger partial charge in [0.1, 0.15) is 0 Å². The molecule has 4 heteroatoms. The lowest BCUT2D eigenvalue weighted by Crippen LogP contribution is -2.41. The summed E-state index contributed by atoms with van der Waals surface area (Å²) in [6, 6.07) is 7.70. The maximum atomic E-state index is 12.3. The van der Waals surface area contributed by atoms with Crippen LogP contribution in [0.3, 0.4) is 0 Å². The van der Waals surface area contributed by atoms with Gasteiger partial charge < -0.3 is 9.31 Å². The van der Waals surface area contributed by atoms with Crippen LogP contribution in [0.4, 0.5) is 0 Å². The second-order valence-electron chi connectivity index (χ2n) is 7.10. The fraction of sp³-hybridized carbons (Fsp3) is 0.588. The van der Waals surface area contributed by atoms with Gasteiger partial charge in [0.2, 0.25) is 0 Å². The predicted octanol–water partition coefficient (Wildman–Crippen LogP) is 4.05. The van der Waals surface area contributed by atoms with Gasteiger partial charge in [-0.15, -0.1) is 0 Å². The van der Waals surface area contributed by atoms with Crippen LogP contribution in [0, 0.1) is 6.92 Å². The first-order chi connectivity index (χ1) is 9.62. The molecule has 1 unspecified atom stereocenters. The number of rotatable bonds is 4. The maximum Gasteiger partial charge on any atom is 0.461 e. The van der Waals surface area contributed by atoms with Crippen LogP contribution in [0.15, 0.2) is 24.3 Å². The van der Waals surface area contributed by atoms with E-state index in [1.807, 2.05) is 65.8 Å². The van der Waals surface area contributed by atoms with Crippen LogP contribution >= 0.6 is 0 Å². The van der Waals surface area contributed by atoms with Crippen molar-refractivity contribution in [1.82, 2.24) is 0 Å². The minimum atomic E-state index is -0.348. The highest BCUT2D eigenvalue weighted by atomic mass is 16.7. The van der Waals surface area contributed by atoms with E-state index in [4.69, 9.17) is 9.31 Å². The average molecular weight is 288 g/mol. The van der Waals surface area contributed by atoms with E-state index in [0.717, 1.165) is 11.1 Å². The highest BCUT2D eigenvalue weighted by Crippen LogP contribution is 2.40. The van der Waals surface area contributed by atoms with E-state index >= 15 is 0 Å². The van der Waals surface area contributed by atoms with E-state index in [9.17, 15) is 4.79 Å². The van der Waals surface area contributed by atoms with E-state index in [0.29, 0.717) is 6.42 Å². The summed E-state index contributed by atoms with van der Waals surface area (Å²) in [5.74, 6) is 0.164. The van der Waals surface area contributed by atoms with Gasteiger partial charge in [0.25, 0.3) is 0 Å². The number of carbonyl (C=O) groups is 1. The van der Waals surface area contributed by atoms with Gasteiger partial charge in [0.15, 0.2) is 5.78 Å². The Morgan fingerprint density at radius 2 is 1.57 bits per heavy atom. The second kappa shape index (κ2) is 5.58. The topological polar surface area (TPSA) is 35.5 Å². The van der Waals surface area contributed by atoms with E-state index in [1.54, 1.807) is 0 Å². The normalized spacial score (nSPS) is 21.3. The Balaban J connectivity index is 2.01. The number of Topliss-reactive ketones (excluding diaryl/α,β-unsaturated/α-hetero) is 1. The van der Waals surface area contributed by atoms with Crippen LogP contribution in [0.25, 0.3) is 0 Å². The standard InChI is InChI=1S/C17H25BO3/c1-12-7-9-14(10-8-12)15(19)11-13(2)18-20-16(3,4)17(5,6)21-18/h7-10,13H,11H2,1-6H3. The molecule has 0 spiro atoms. The molecule has 21 heavy (non-hydrogen) atoms. The van der Waals surface area contributed by atoms with Gasteiger partial charge in [0, 0.05) is 12.0 Å². The van der Waals surface area contributed by atoms with Crippen molar-refractivity contribution >= 4 is 12.9 Å². The zero-order valence-corrected chi connectivity index (χ0v) is 13.9. The largest absolute Gasteiger partial charge is 0.461 e. The molecule has 0 aliphatic carbocycles. The fourth-order valence-corrected chi connectivity index (χ4v) is 2.37. The first-order valence-corrected chi connectivity index (χ1v) is 7.58. The van der Waals surface area contributed by atoms with Crippen molar-refractivity contribution in [3.8, 4) is 0 Å². The molecule has 1 heterocycles. The van der Waals surface area contributed by atoms with Crippen LogP contribution in [0.1, 0.15) is 57.0 Å². The van der Waals surface area contributed by atoms with Crippen molar-refractivity contribution in [2.75, 3.05) is 0 Å². The summed E-state index contributed by atoms with van der Waals surface area (Å²) in [5.41, 5.74) is 1.21. The minimum Gasteiger partial charge on any atom is -0.403 e. The van der Waals surface area contributed by atoms with E-state index in [2.05, 4.69) is 0 Å². The molecule has 0 saturated carbocycles. The lowest BCUT2D eigenvalue weighted by molar-refractivity contribution is 0.00578. The molecule has 1 aromatic carbocycles. The summed E-state index contributed by atoms with van der Waals surface area (Å²) in [4.78, 5) is 12.3. The SMILES string of the molecule is Cc1ccc(C(=O)CC(C)B2OC(C)(C)C(C)(C)O2)cc1. The summed E-state index contributed by atoms with van der Waals surface area (Å²) in [6.45, 7) is 12.1. The Labute approximate surface area is 128 Å². The maximum absolute atomic E-state index is 12.3. The number of aryl methyl sites for hydroxylation is 1. The first-order valence-electron chi connectivity index (χ1n) is 7.58. The monoisotopic (exact) mass is 288 g/mol. The molecular formula is C17H25BO3. The van der Waals surface area contributed by atoms with Gasteiger partial charge in [0.05, 0.1) is 11.2 Å². The number of ketones is 1. The number of carbonyl (C=O) groups excluding carboxylic acids is 1. The zero-order chi connectivity index (χ0) is 15.8. The van der Waals surface area contributed by atoms with Crippen molar-refractivity contribution in [2.45, 2.75) is 65.0 Å². The molecule has 1 atom stereocenters. The van der Waals surface area contributed by atoms with Gasteiger partial charge in [-0.2, -0.15) is 0 Å². The third-order valence-corrected chi connectivity index (χ3v) is 4.62. The Kier molecular flexibility index (Phi) is 4.32. The second-order valence-corrected chi connectivity index (χ2v) is 7.10. The molecule has 0 amide bonds. The smallest absolute Gasteiger partial charge is 0.403 e. The summed E-state index contributed by atoms with van der Waals surface area (Å²) in [5, 5.41) is 0. The Hall–Kier alpha value is -1.13. The summed E-state index contributed by atoms with van der Waals surface area (Å²) in [7, 11) is -0.329. The molecule has 0 radical (unpaired) electrons. The van der Waals surface area contributed by atoms with Crippen molar-refractivity contribution in [2.24, 2.45) is 0 Å². The first kappa shape index (κ1) is 16.2. The molecule has 3 nitrogen and oxygen atoms in total. The Bertz CT molecular complexity index is 503. The van der Waals surface area contributed by atoms with Crippen molar-refractivity contribution in [3.05, 3.63) is 35.4 Å². The molecule has 0 N–H and O–H groups in total. The number of benzene rings is 1. The average Bonchev–Trinajstić information content (AvgIpc) is 2.59. The lowest BCUT2D eigenvalue weighted by atomic mass is 9.70. The van der Waals surface area contributed by atoms with Crippen LogP contribution < -0.4 is 0 Å². The number of hydrogen-bond donors (Lipinski definition) is 0. The zero-order valence-electron chi connectivity index (χ0n) is 13.9. The third kappa shape index (κ3) is 3.38. The van der Waals surface area contributed by atoms with E-state index in [1.165, 1.54) is 0 Å². The van der Waals surface area contributed by atoms with Crippen LogP contribution in [-0.4, -0.2) is 24.1 Å². The van der Waals surface area contributed by atoms with Crippen molar-refractivity contribution < 1.29 is 14.1 Å². The predicted molar refractivity (Wildman–Crippen MR) is 85.6 cm³/mol. The Morgan fingerprint density at radius 1 is 1.10 bits per heavy atom. The summed E-state index contributed by atoms with van der Waals surface area (Å²) >= 11 is 0. The highest BCUT2D eigenvalue weighted by Gasteiger charge is 2.52. The van der Waals surface area contributed by atoms with Crippen molar-refractivity contribution in [3.63, 3.8) is 0 Å². The quantitative estimate of drug-likeness (QED) is 0.619. The minimum absolute atomic E-state index is 0.0276.